The van der Waals surface area contributed by atoms with Crippen LogP contribution in [-0.4, -0.2) is 5.78 Å². The number of carbonyl (C=O) groups is 1. The van der Waals surface area contributed by atoms with Gasteiger partial charge in [0.2, 0.25) is 0 Å². The van der Waals surface area contributed by atoms with Crippen LogP contribution in [0.15, 0.2) is 30.3 Å². The molecule has 4 aliphatic carbocycles. The fraction of sp³-hybridized carbons (Fsp3) is 0.650. The molecule has 0 aromatic heterocycles. The number of ketones is 1. The Bertz CT molecular complexity index is 476. The van der Waals surface area contributed by atoms with Crippen molar-refractivity contribution in [2.45, 2.75) is 51.4 Å². The number of benzene rings is 1. The van der Waals surface area contributed by atoms with Crippen molar-refractivity contribution in [1.82, 2.24) is 0 Å². The Hall–Kier alpha value is -1.11. The predicted molar refractivity (Wildman–Crippen MR) is 84.9 cm³/mol. The quantitative estimate of drug-likeness (QED) is 0.768. The molecular weight excluding hydrogens is 256 g/mol. The molecule has 4 bridgehead atoms. The topological polar surface area (TPSA) is 17.1 Å². The molecule has 0 amide bonds. The van der Waals surface area contributed by atoms with Gasteiger partial charge in [0.1, 0.15) is 5.78 Å². The molecule has 4 aliphatic rings. The van der Waals surface area contributed by atoms with E-state index in [1.54, 1.807) is 0 Å². The molecule has 1 aromatic carbocycles. The Morgan fingerprint density at radius 3 is 2.14 bits per heavy atom. The van der Waals surface area contributed by atoms with E-state index in [1.807, 2.05) is 0 Å². The molecule has 0 unspecified atom stereocenters. The van der Waals surface area contributed by atoms with E-state index in [-0.39, 0.29) is 0 Å². The zero-order valence-corrected chi connectivity index (χ0v) is 12.8. The summed E-state index contributed by atoms with van der Waals surface area (Å²) in [5, 5.41) is 0. The lowest BCUT2D eigenvalue weighted by Gasteiger charge is -2.53. The summed E-state index contributed by atoms with van der Waals surface area (Å²) in [7, 11) is 0. The molecule has 4 fully saturated rings. The Balaban J connectivity index is 1.33. The van der Waals surface area contributed by atoms with E-state index in [1.165, 1.54) is 37.7 Å². The van der Waals surface area contributed by atoms with Crippen LogP contribution in [0.25, 0.3) is 0 Å². The Kier molecular flexibility index (Phi) is 3.61. The molecule has 0 heterocycles. The van der Waals surface area contributed by atoms with E-state index in [0.29, 0.717) is 11.7 Å². The maximum Gasteiger partial charge on any atom is 0.136 e. The highest BCUT2D eigenvalue weighted by molar-refractivity contribution is 5.82. The molecule has 0 spiro atoms. The van der Waals surface area contributed by atoms with Crippen LogP contribution >= 0.6 is 0 Å². The first-order valence-electron chi connectivity index (χ1n) is 8.86. The highest BCUT2D eigenvalue weighted by Crippen LogP contribution is 2.56. The third kappa shape index (κ3) is 2.67. The Morgan fingerprint density at radius 1 is 0.905 bits per heavy atom. The standard InChI is InChI=1S/C20H26O/c21-19(8-4-7-14-5-2-1-3-6-14)20-17-10-15-9-16(12-17)13-18(20)11-15/h1-3,5-6,15-18,20H,4,7-13H2. The van der Waals surface area contributed by atoms with Crippen LogP contribution < -0.4 is 0 Å². The van der Waals surface area contributed by atoms with Gasteiger partial charge in [-0.1, -0.05) is 30.3 Å². The summed E-state index contributed by atoms with van der Waals surface area (Å²) >= 11 is 0. The SMILES string of the molecule is O=C(CCCc1ccccc1)C1C2CC3CC(C2)CC1C3. The number of hydrogen-bond acceptors (Lipinski definition) is 1. The number of aryl methyl sites for hydroxylation is 1. The average Bonchev–Trinajstić information content (AvgIpc) is 2.47. The first kappa shape index (κ1) is 13.5. The van der Waals surface area contributed by atoms with Gasteiger partial charge in [0.25, 0.3) is 0 Å². The fourth-order valence-corrected chi connectivity index (χ4v) is 5.73. The lowest BCUT2D eigenvalue weighted by atomic mass is 9.51. The highest BCUT2D eigenvalue weighted by atomic mass is 16.1. The van der Waals surface area contributed by atoms with Gasteiger partial charge in [-0.3, -0.25) is 4.79 Å². The van der Waals surface area contributed by atoms with Gasteiger partial charge in [0, 0.05) is 12.3 Å². The number of carbonyl (C=O) groups excluding carboxylic acids is 1. The second kappa shape index (κ2) is 5.59. The largest absolute Gasteiger partial charge is 0.299 e. The molecule has 4 saturated carbocycles. The average molecular weight is 282 g/mol. The number of Topliss-reactive ketones (excluding diaryl/α,β-unsaturated/α-hetero) is 1. The zero-order chi connectivity index (χ0) is 14.2. The van der Waals surface area contributed by atoms with Crippen LogP contribution in [0.2, 0.25) is 0 Å². The minimum Gasteiger partial charge on any atom is -0.299 e. The first-order valence-corrected chi connectivity index (χ1v) is 8.86. The van der Waals surface area contributed by atoms with Crippen molar-refractivity contribution in [2.75, 3.05) is 0 Å². The molecule has 1 heteroatoms. The fourth-order valence-electron chi connectivity index (χ4n) is 5.73. The molecule has 112 valence electrons. The second-order valence-electron chi connectivity index (χ2n) is 7.76. The zero-order valence-electron chi connectivity index (χ0n) is 12.8. The maximum absolute atomic E-state index is 12.7. The normalized spacial score (nSPS) is 36.9. The monoisotopic (exact) mass is 282 g/mol. The molecule has 0 radical (unpaired) electrons. The summed E-state index contributed by atoms with van der Waals surface area (Å²) < 4.78 is 0. The first-order chi connectivity index (χ1) is 10.3. The molecule has 0 atom stereocenters. The lowest BCUT2D eigenvalue weighted by molar-refractivity contribution is -0.135. The van der Waals surface area contributed by atoms with Gasteiger partial charge in [-0.2, -0.15) is 0 Å². The van der Waals surface area contributed by atoms with Gasteiger partial charge >= 0.3 is 0 Å². The third-order valence-electron chi connectivity index (χ3n) is 6.33. The molecule has 1 aromatic rings. The predicted octanol–water partition coefficient (Wildman–Crippen LogP) is 4.65. The van der Waals surface area contributed by atoms with Crippen LogP contribution in [0.1, 0.15) is 50.5 Å². The molecule has 0 N–H and O–H groups in total. The van der Waals surface area contributed by atoms with E-state index >= 15 is 0 Å². The van der Waals surface area contributed by atoms with E-state index in [2.05, 4.69) is 30.3 Å². The van der Waals surface area contributed by atoms with Crippen LogP contribution in [-0.2, 0) is 11.2 Å². The summed E-state index contributed by atoms with van der Waals surface area (Å²) in [5.41, 5.74) is 1.37. The van der Waals surface area contributed by atoms with Gasteiger partial charge in [-0.05, 0) is 74.2 Å². The van der Waals surface area contributed by atoms with E-state index < -0.39 is 0 Å². The van der Waals surface area contributed by atoms with Gasteiger partial charge in [-0.15, -0.1) is 0 Å². The molecular formula is C20H26O. The van der Waals surface area contributed by atoms with Crippen molar-refractivity contribution in [3.8, 4) is 0 Å². The summed E-state index contributed by atoms with van der Waals surface area (Å²) in [5.74, 6) is 4.49. The summed E-state index contributed by atoms with van der Waals surface area (Å²) in [6.07, 6.45) is 9.82. The van der Waals surface area contributed by atoms with Crippen molar-refractivity contribution >= 4 is 5.78 Å². The van der Waals surface area contributed by atoms with Gasteiger partial charge < -0.3 is 0 Å². The van der Waals surface area contributed by atoms with Crippen LogP contribution in [0.3, 0.4) is 0 Å². The maximum atomic E-state index is 12.7. The van der Waals surface area contributed by atoms with Crippen LogP contribution in [0.4, 0.5) is 0 Å². The minimum atomic E-state index is 0.438. The van der Waals surface area contributed by atoms with Crippen molar-refractivity contribution in [3.63, 3.8) is 0 Å². The second-order valence-corrected chi connectivity index (χ2v) is 7.76. The molecule has 0 aliphatic heterocycles. The van der Waals surface area contributed by atoms with Gasteiger partial charge in [0.15, 0.2) is 0 Å². The van der Waals surface area contributed by atoms with Gasteiger partial charge in [0.05, 0.1) is 0 Å². The lowest BCUT2D eigenvalue weighted by Crippen LogP contribution is -2.48. The number of hydrogen-bond donors (Lipinski definition) is 0. The smallest absolute Gasteiger partial charge is 0.136 e. The van der Waals surface area contributed by atoms with Crippen molar-refractivity contribution in [1.29, 1.82) is 0 Å². The number of rotatable bonds is 5. The van der Waals surface area contributed by atoms with E-state index in [4.69, 9.17) is 0 Å². The summed E-state index contributed by atoms with van der Waals surface area (Å²) in [4.78, 5) is 12.7. The Labute approximate surface area is 128 Å². The van der Waals surface area contributed by atoms with Crippen LogP contribution in [0, 0.1) is 29.6 Å². The van der Waals surface area contributed by atoms with Gasteiger partial charge in [-0.25, -0.2) is 0 Å². The van der Waals surface area contributed by atoms with E-state index in [0.717, 1.165) is 42.9 Å². The van der Waals surface area contributed by atoms with Crippen molar-refractivity contribution in [3.05, 3.63) is 35.9 Å². The Morgan fingerprint density at radius 2 is 1.52 bits per heavy atom. The molecule has 0 saturated heterocycles. The molecule has 1 nitrogen and oxygen atoms in total. The van der Waals surface area contributed by atoms with Crippen molar-refractivity contribution < 1.29 is 4.79 Å². The molecule has 5 rings (SSSR count). The highest BCUT2D eigenvalue weighted by Gasteiger charge is 2.50. The third-order valence-corrected chi connectivity index (χ3v) is 6.33. The van der Waals surface area contributed by atoms with Crippen LogP contribution in [0.5, 0.6) is 0 Å². The summed E-state index contributed by atoms with van der Waals surface area (Å²) in [6.45, 7) is 0. The minimum absolute atomic E-state index is 0.438. The van der Waals surface area contributed by atoms with Crippen molar-refractivity contribution in [2.24, 2.45) is 29.6 Å². The summed E-state index contributed by atoms with van der Waals surface area (Å²) in [6, 6.07) is 10.6. The van der Waals surface area contributed by atoms with E-state index in [9.17, 15) is 4.79 Å². The molecule has 21 heavy (non-hydrogen) atoms.